The number of carbonyl (C=O) groups is 2. The van der Waals surface area contributed by atoms with Gasteiger partial charge in [-0.25, -0.2) is 13.2 Å². The molecule has 0 unspecified atom stereocenters. The Bertz CT molecular complexity index is 1040. The van der Waals surface area contributed by atoms with Gasteiger partial charge in [-0.2, -0.15) is 0 Å². The van der Waals surface area contributed by atoms with Gasteiger partial charge in [-0.3, -0.25) is 4.79 Å². The zero-order valence-corrected chi connectivity index (χ0v) is 18.4. The Labute approximate surface area is 171 Å². The molecule has 29 heavy (non-hydrogen) atoms. The van der Waals surface area contributed by atoms with Crippen molar-refractivity contribution in [2.45, 2.75) is 38.6 Å². The first-order chi connectivity index (χ1) is 13.5. The van der Waals surface area contributed by atoms with Gasteiger partial charge in [0.05, 0.1) is 23.1 Å². The van der Waals surface area contributed by atoms with Crippen molar-refractivity contribution in [3.05, 3.63) is 52.3 Å². The van der Waals surface area contributed by atoms with Crippen LogP contribution in [0.4, 0.5) is 0 Å². The number of hydrogen-bond acceptors (Lipinski definition) is 6. The van der Waals surface area contributed by atoms with E-state index in [0.29, 0.717) is 17.7 Å². The molecule has 1 atom stereocenters. The Morgan fingerprint density at radius 1 is 1.10 bits per heavy atom. The van der Waals surface area contributed by atoms with E-state index < -0.39 is 22.4 Å². The number of aryl methyl sites for hydroxylation is 2. The fourth-order valence-corrected chi connectivity index (χ4v) is 4.04. The van der Waals surface area contributed by atoms with Gasteiger partial charge in [0.1, 0.15) is 0 Å². The first kappa shape index (κ1) is 22.8. The topological polar surface area (TPSA) is 91.7 Å². The molecule has 2 aromatic rings. The second-order valence-electron chi connectivity index (χ2n) is 7.21. The highest BCUT2D eigenvalue weighted by molar-refractivity contribution is 7.90. The highest BCUT2D eigenvalue weighted by Crippen LogP contribution is 2.22. The van der Waals surface area contributed by atoms with Gasteiger partial charge in [-0.15, -0.1) is 0 Å². The number of ether oxygens (including phenoxy) is 2. The van der Waals surface area contributed by atoms with E-state index in [1.54, 1.807) is 26.2 Å². The lowest BCUT2D eigenvalue weighted by Gasteiger charge is -2.17. The van der Waals surface area contributed by atoms with Crippen LogP contribution >= 0.6 is 0 Å². The van der Waals surface area contributed by atoms with Crippen LogP contribution in [0.5, 0.6) is 0 Å². The summed E-state index contributed by atoms with van der Waals surface area (Å²) in [4.78, 5) is 25.1. The molecule has 158 valence electrons. The average molecular weight is 422 g/mol. The molecular weight excluding hydrogens is 394 g/mol. The number of benzene rings is 1. The van der Waals surface area contributed by atoms with Crippen LogP contribution in [0.1, 0.15) is 50.6 Å². The predicted octanol–water partition coefficient (Wildman–Crippen LogP) is 3.06. The Morgan fingerprint density at radius 3 is 2.34 bits per heavy atom. The fourth-order valence-electron chi connectivity index (χ4n) is 3.39. The lowest BCUT2D eigenvalue weighted by molar-refractivity contribution is 0.0473. The summed E-state index contributed by atoms with van der Waals surface area (Å²) in [5.41, 5.74) is 2.88. The van der Waals surface area contributed by atoms with Crippen LogP contribution in [0.25, 0.3) is 0 Å². The number of ketones is 1. The lowest BCUT2D eigenvalue weighted by Crippen LogP contribution is -2.17. The molecule has 7 nitrogen and oxygen atoms in total. The number of rotatable bonds is 8. The first-order valence-corrected chi connectivity index (χ1v) is 11.0. The highest BCUT2D eigenvalue weighted by atomic mass is 32.2. The van der Waals surface area contributed by atoms with Crippen molar-refractivity contribution >= 4 is 21.6 Å². The van der Waals surface area contributed by atoms with Crippen LogP contribution in [-0.2, 0) is 19.3 Å². The maximum absolute atomic E-state index is 12.6. The predicted molar refractivity (Wildman–Crippen MR) is 109 cm³/mol. The molecule has 0 bridgehead atoms. The number of nitrogens with zero attached hydrogens (tertiary/aromatic N) is 1. The molecule has 1 heterocycles. The van der Waals surface area contributed by atoms with Gasteiger partial charge in [-0.05, 0) is 51.5 Å². The van der Waals surface area contributed by atoms with Gasteiger partial charge in [0.15, 0.2) is 16.4 Å². The van der Waals surface area contributed by atoms with Crippen molar-refractivity contribution in [3.63, 3.8) is 0 Å². The minimum Gasteiger partial charge on any atom is -0.454 e. The minimum absolute atomic E-state index is 0.0250. The summed E-state index contributed by atoms with van der Waals surface area (Å²) in [5.74, 6) is -1.05. The molecule has 1 aromatic heterocycles. The van der Waals surface area contributed by atoms with Gasteiger partial charge in [-0.1, -0.05) is 6.07 Å². The van der Waals surface area contributed by atoms with Crippen LogP contribution in [0, 0.1) is 20.8 Å². The molecule has 0 amide bonds. The molecule has 0 saturated carbocycles. The standard InChI is InChI=1S/C21H27NO6S/c1-13-7-8-17(29(6,25)26)10-18(13)21(24)28-12-20(23)19-9-14(2)22(16(19)4)15(3)11-27-5/h7-10,15H,11-12H2,1-6H3/t15-/m1/s1. The molecule has 0 aliphatic rings. The molecular formula is C21H27NO6S. The van der Waals surface area contributed by atoms with Crippen LogP contribution in [0.15, 0.2) is 29.2 Å². The molecule has 0 fully saturated rings. The molecule has 0 saturated heterocycles. The third kappa shape index (κ3) is 5.13. The Hall–Kier alpha value is -2.45. The normalized spacial score (nSPS) is 12.6. The summed E-state index contributed by atoms with van der Waals surface area (Å²) in [6.07, 6.45) is 1.07. The van der Waals surface area contributed by atoms with Crippen molar-refractivity contribution in [1.82, 2.24) is 4.57 Å². The lowest BCUT2D eigenvalue weighted by atomic mass is 10.1. The summed E-state index contributed by atoms with van der Waals surface area (Å²) in [7, 11) is -1.84. The quantitative estimate of drug-likeness (QED) is 0.481. The molecule has 0 aliphatic carbocycles. The van der Waals surface area contributed by atoms with E-state index in [4.69, 9.17) is 9.47 Å². The smallest absolute Gasteiger partial charge is 0.338 e. The summed E-state index contributed by atoms with van der Waals surface area (Å²) < 4.78 is 35.8. The maximum atomic E-state index is 12.6. The Kier molecular flexibility index (Phi) is 7.02. The second kappa shape index (κ2) is 8.92. The molecule has 1 aromatic carbocycles. The number of carbonyl (C=O) groups excluding carboxylic acids is 2. The molecule has 0 aliphatic heterocycles. The zero-order valence-electron chi connectivity index (χ0n) is 17.6. The highest BCUT2D eigenvalue weighted by Gasteiger charge is 2.21. The molecule has 0 N–H and O–H groups in total. The van der Waals surface area contributed by atoms with Crippen LogP contribution < -0.4 is 0 Å². The third-order valence-electron chi connectivity index (χ3n) is 4.82. The van der Waals surface area contributed by atoms with Gasteiger partial charge in [0.2, 0.25) is 5.78 Å². The number of esters is 1. The van der Waals surface area contributed by atoms with Crippen molar-refractivity contribution in [2.24, 2.45) is 0 Å². The fraction of sp³-hybridized carbons (Fsp3) is 0.429. The summed E-state index contributed by atoms with van der Waals surface area (Å²) in [5, 5.41) is 0. The van der Waals surface area contributed by atoms with Crippen molar-refractivity contribution in [2.75, 3.05) is 26.6 Å². The number of Topliss-reactive ketones (excluding diaryl/α,β-unsaturated/α-hetero) is 1. The molecule has 0 spiro atoms. The number of sulfone groups is 1. The monoisotopic (exact) mass is 421 g/mol. The van der Waals surface area contributed by atoms with E-state index in [1.165, 1.54) is 12.1 Å². The largest absolute Gasteiger partial charge is 0.454 e. The van der Waals surface area contributed by atoms with E-state index >= 15 is 0 Å². The van der Waals surface area contributed by atoms with Crippen LogP contribution in [-0.4, -0.2) is 51.3 Å². The first-order valence-electron chi connectivity index (χ1n) is 9.15. The molecule has 0 radical (unpaired) electrons. The van der Waals surface area contributed by atoms with Gasteiger partial charge >= 0.3 is 5.97 Å². The Morgan fingerprint density at radius 2 is 1.76 bits per heavy atom. The Balaban J connectivity index is 2.18. The SMILES string of the molecule is COC[C@@H](C)n1c(C)cc(C(=O)COC(=O)c2cc(S(C)(=O)=O)ccc2C)c1C. The van der Waals surface area contributed by atoms with Gasteiger partial charge in [0.25, 0.3) is 0 Å². The zero-order chi connectivity index (χ0) is 21.9. The summed E-state index contributed by atoms with van der Waals surface area (Å²) in [6, 6.07) is 6.08. The summed E-state index contributed by atoms with van der Waals surface area (Å²) in [6.45, 7) is 7.50. The third-order valence-corrected chi connectivity index (χ3v) is 5.94. The van der Waals surface area contributed by atoms with Crippen LogP contribution in [0.2, 0.25) is 0 Å². The van der Waals surface area contributed by atoms with Crippen molar-refractivity contribution in [1.29, 1.82) is 0 Å². The van der Waals surface area contributed by atoms with Gasteiger partial charge in [0, 0.05) is 30.3 Å². The number of aromatic nitrogens is 1. The van der Waals surface area contributed by atoms with Gasteiger partial charge < -0.3 is 14.0 Å². The maximum Gasteiger partial charge on any atom is 0.338 e. The average Bonchev–Trinajstić information content (AvgIpc) is 2.93. The second-order valence-corrected chi connectivity index (χ2v) is 9.22. The minimum atomic E-state index is -3.46. The van der Waals surface area contributed by atoms with Crippen molar-refractivity contribution in [3.8, 4) is 0 Å². The van der Waals surface area contributed by atoms with E-state index in [1.807, 2.05) is 25.3 Å². The molecule has 2 rings (SSSR count). The number of hydrogen-bond donors (Lipinski definition) is 0. The van der Waals surface area contributed by atoms with Crippen molar-refractivity contribution < 1.29 is 27.5 Å². The van der Waals surface area contributed by atoms with E-state index in [0.717, 1.165) is 17.6 Å². The van der Waals surface area contributed by atoms with E-state index in [9.17, 15) is 18.0 Å². The van der Waals surface area contributed by atoms with Crippen LogP contribution in [0.3, 0.4) is 0 Å². The molecule has 8 heteroatoms. The number of methoxy groups -OCH3 is 1. The van der Waals surface area contributed by atoms with E-state index in [2.05, 4.69) is 0 Å². The van der Waals surface area contributed by atoms with E-state index in [-0.39, 0.29) is 22.3 Å². The summed E-state index contributed by atoms with van der Waals surface area (Å²) >= 11 is 0.